The normalized spacial score (nSPS) is 15.4. The molecule has 0 saturated carbocycles. The van der Waals surface area contributed by atoms with Crippen LogP contribution in [0.15, 0.2) is 91.1 Å². The average molecular weight is 595 g/mol. The van der Waals surface area contributed by atoms with Crippen LogP contribution in [0.5, 0.6) is 0 Å². The number of nitrogens with one attached hydrogen (secondary N) is 2. The van der Waals surface area contributed by atoms with E-state index in [9.17, 15) is 14.4 Å². The molecule has 1 unspecified atom stereocenters. The molecule has 44 heavy (non-hydrogen) atoms. The summed E-state index contributed by atoms with van der Waals surface area (Å²) in [6, 6.07) is 28.0. The van der Waals surface area contributed by atoms with Crippen molar-refractivity contribution in [2.45, 2.75) is 43.6 Å². The fraction of sp³-hybridized carbons (Fsp3) is 0.361. The molecule has 2 heterocycles. The number of hydrogen-bond donors (Lipinski definition) is 2. The molecular formula is C36H42N4O4. The molecule has 1 fully saturated rings. The number of piperidine rings is 1. The van der Waals surface area contributed by atoms with Crippen molar-refractivity contribution < 1.29 is 19.1 Å². The van der Waals surface area contributed by atoms with Gasteiger partial charge in [-0.05, 0) is 48.4 Å². The summed E-state index contributed by atoms with van der Waals surface area (Å²) in [6.45, 7) is 2.17. The molecule has 0 radical (unpaired) electrons. The van der Waals surface area contributed by atoms with E-state index in [0.29, 0.717) is 51.9 Å². The highest BCUT2D eigenvalue weighted by molar-refractivity contribution is 5.88. The van der Waals surface area contributed by atoms with Crippen LogP contribution < -0.4 is 10.6 Å². The van der Waals surface area contributed by atoms with E-state index in [1.54, 1.807) is 0 Å². The molecule has 2 amide bonds. The Morgan fingerprint density at radius 2 is 1.55 bits per heavy atom. The summed E-state index contributed by atoms with van der Waals surface area (Å²) in [5.74, 6) is -0.971. The smallest absolute Gasteiger partial charge is 0.331 e. The third-order valence-electron chi connectivity index (χ3n) is 8.78. The predicted octanol–water partition coefficient (Wildman–Crippen LogP) is 4.38. The van der Waals surface area contributed by atoms with Gasteiger partial charge in [-0.25, -0.2) is 4.79 Å². The number of aryl methyl sites for hydroxylation is 2. The molecule has 0 spiro atoms. The first kappa shape index (κ1) is 31.0. The second-order valence-corrected chi connectivity index (χ2v) is 11.7. The van der Waals surface area contributed by atoms with Crippen LogP contribution in [0.3, 0.4) is 0 Å². The quantitative estimate of drug-likeness (QED) is 0.238. The lowest BCUT2D eigenvalue weighted by atomic mass is 9.86. The van der Waals surface area contributed by atoms with Crippen LogP contribution in [-0.2, 0) is 39.0 Å². The van der Waals surface area contributed by atoms with Gasteiger partial charge in [0.1, 0.15) is 5.54 Å². The highest BCUT2D eigenvalue weighted by Gasteiger charge is 2.44. The number of fused-ring (bicyclic) bond motifs is 1. The van der Waals surface area contributed by atoms with Crippen LogP contribution in [-0.4, -0.2) is 66.1 Å². The lowest BCUT2D eigenvalue weighted by Gasteiger charge is -2.41. The third kappa shape index (κ3) is 7.37. The topological polar surface area (TPSA) is 92.7 Å². The van der Waals surface area contributed by atoms with Crippen molar-refractivity contribution in [3.63, 3.8) is 0 Å². The molecule has 3 aromatic carbocycles. The van der Waals surface area contributed by atoms with Crippen molar-refractivity contribution in [1.29, 1.82) is 0 Å². The van der Waals surface area contributed by atoms with Crippen LogP contribution in [0.2, 0.25) is 0 Å². The van der Waals surface area contributed by atoms with Gasteiger partial charge in [0.2, 0.25) is 11.8 Å². The molecule has 5 rings (SSSR count). The SMILES string of the molecule is COC(=O)C1(NC(=O)CCc2ccccc2)CCN(CC(C(=O)NCCc2cn(C)c3ccccc23)c2ccccc2)CC1. The molecule has 1 atom stereocenters. The standard InChI is InChI=1S/C36H42N4O4/c1-39-25-29(30-15-9-10-16-32(30)39)19-22-37-34(42)31(28-13-7-4-8-14-28)26-40-23-20-36(21-24-40,35(43)44-2)38-33(41)18-17-27-11-5-3-6-12-27/h3-16,25,31H,17-24,26H2,1-2H3,(H,37,42)(H,38,41). The first-order valence-electron chi connectivity index (χ1n) is 15.4. The van der Waals surface area contributed by atoms with Crippen LogP contribution >= 0.6 is 0 Å². The van der Waals surface area contributed by atoms with E-state index in [1.807, 2.05) is 79.8 Å². The molecule has 0 bridgehead atoms. The monoisotopic (exact) mass is 594 g/mol. The van der Waals surface area contributed by atoms with Gasteiger partial charge < -0.3 is 24.8 Å². The number of carbonyl (C=O) groups excluding carboxylic acids is 3. The number of hydrogen-bond acceptors (Lipinski definition) is 5. The fourth-order valence-corrected chi connectivity index (χ4v) is 6.28. The molecule has 8 nitrogen and oxygen atoms in total. The number of carbonyl (C=O) groups is 3. The Morgan fingerprint density at radius 3 is 2.25 bits per heavy atom. The fourth-order valence-electron chi connectivity index (χ4n) is 6.28. The summed E-state index contributed by atoms with van der Waals surface area (Å²) in [7, 11) is 3.40. The maximum atomic E-state index is 13.6. The first-order valence-corrected chi connectivity index (χ1v) is 15.4. The number of aromatic nitrogens is 1. The van der Waals surface area contributed by atoms with E-state index in [2.05, 4.69) is 38.4 Å². The minimum Gasteiger partial charge on any atom is -0.467 e. The van der Waals surface area contributed by atoms with Gasteiger partial charge in [0.05, 0.1) is 13.0 Å². The average Bonchev–Trinajstić information content (AvgIpc) is 3.38. The van der Waals surface area contributed by atoms with Gasteiger partial charge in [0.15, 0.2) is 0 Å². The van der Waals surface area contributed by atoms with E-state index < -0.39 is 11.5 Å². The van der Waals surface area contributed by atoms with Crippen molar-refractivity contribution in [2.75, 3.05) is 33.3 Å². The lowest BCUT2D eigenvalue weighted by Crippen LogP contribution is -2.60. The molecule has 230 valence electrons. The molecule has 2 N–H and O–H groups in total. The second-order valence-electron chi connectivity index (χ2n) is 11.7. The van der Waals surface area contributed by atoms with Crippen molar-refractivity contribution in [1.82, 2.24) is 20.1 Å². The van der Waals surface area contributed by atoms with Gasteiger partial charge in [-0.15, -0.1) is 0 Å². The molecule has 0 aliphatic carbocycles. The van der Waals surface area contributed by atoms with E-state index >= 15 is 0 Å². The van der Waals surface area contributed by atoms with E-state index in [1.165, 1.54) is 23.6 Å². The Bertz CT molecular complexity index is 1560. The zero-order valence-corrected chi connectivity index (χ0v) is 25.6. The number of rotatable bonds is 12. The molecule has 1 aliphatic rings. The lowest BCUT2D eigenvalue weighted by molar-refractivity contribution is -0.153. The minimum absolute atomic E-state index is 0.0181. The Kier molecular flexibility index (Phi) is 10.1. The third-order valence-corrected chi connectivity index (χ3v) is 8.78. The van der Waals surface area contributed by atoms with Crippen molar-refractivity contribution in [2.24, 2.45) is 7.05 Å². The van der Waals surface area contributed by atoms with Crippen LogP contribution in [0.4, 0.5) is 0 Å². The van der Waals surface area contributed by atoms with Gasteiger partial charge in [-0.3, -0.25) is 9.59 Å². The first-order chi connectivity index (χ1) is 21.4. The number of likely N-dealkylation sites (tertiary alicyclic amines) is 1. The van der Waals surface area contributed by atoms with Gasteiger partial charge in [0, 0.05) is 56.7 Å². The zero-order chi connectivity index (χ0) is 30.9. The molecular weight excluding hydrogens is 552 g/mol. The minimum atomic E-state index is -1.07. The predicted molar refractivity (Wildman–Crippen MR) is 172 cm³/mol. The van der Waals surface area contributed by atoms with Gasteiger partial charge >= 0.3 is 5.97 Å². The number of para-hydroxylation sites is 1. The number of benzene rings is 3. The molecule has 1 saturated heterocycles. The van der Waals surface area contributed by atoms with Gasteiger partial charge in [0.25, 0.3) is 0 Å². The summed E-state index contributed by atoms with van der Waals surface area (Å²) >= 11 is 0. The molecule has 1 aliphatic heterocycles. The summed E-state index contributed by atoms with van der Waals surface area (Å²) in [4.78, 5) is 41.7. The summed E-state index contributed by atoms with van der Waals surface area (Å²) < 4.78 is 7.27. The van der Waals surface area contributed by atoms with Gasteiger partial charge in [-0.2, -0.15) is 0 Å². The van der Waals surface area contributed by atoms with Crippen LogP contribution in [0.1, 0.15) is 41.9 Å². The van der Waals surface area contributed by atoms with Crippen molar-refractivity contribution in [3.8, 4) is 0 Å². The molecule has 1 aromatic heterocycles. The number of nitrogens with zero attached hydrogens (tertiary/aromatic N) is 2. The number of methoxy groups -OCH3 is 1. The highest BCUT2D eigenvalue weighted by Crippen LogP contribution is 2.27. The van der Waals surface area contributed by atoms with Crippen LogP contribution in [0.25, 0.3) is 10.9 Å². The maximum Gasteiger partial charge on any atom is 0.331 e. The number of esters is 1. The number of ether oxygens (including phenoxy) is 1. The Balaban J connectivity index is 1.20. The molecule has 4 aromatic rings. The summed E-state index contributed by atoms with van der Waals surface area (Å²) in [5.41, 5.74) is 3.35. The Morgan fingerprint density at radius 1 is 0.886 bits per heavy atom. The van der Waals surface area contributed by atoms with Crippen molar-refractivity contribution >= 4 is 28.7 Å². The number of amides is 2. The van der Waals surface area contributed by atoms with Gasteiger partial charge in [-0.1, -0.05) is 78.9 Å². The highest BCUT2D eigenvalue weighted by atomic mass is 16.5. The Hall–Kier alpha value is -4.43. The maximum absolute atomic E-state index is 13.6. The largest absolute Gasteiger partial charge is 0.467 e. The van der Waals surface area contributed by atoms with E-state index in [4.69, 9.17) is 4.74 Å². The van der Waals surface area contributed by atoms with Crippen LogP contribution in [0, 0.1) is 0 Å². The van der Waals surface area contributed by atoms with Crippen molar-refractivity contribution in [3.05, 3.63) is 108 Å². The Labute approximate surface area is 259 Å². The molecule has 8 heteroatoms. The summed E-state index contributed by atoms with van der Waals surface area (Å²) in [6.07, 6.45) is 4.60. The second kappa shape index (κ2) is 14.4. The zero-order valence-electron chi connectivity index (χ0n) is 25.6. The summed E-state index contributed by atoms with van der Waals surface area (Å²) in [5, 5.41) is 7.41. The van der Waals surface area contributed by atoms with E-state index in [-0.39, 0.29) is 17.7 Å². The van der Waals surface area contributed by atoms with E-state index in [0.717, 1.165) is 17.5 Å².